The maximum atomic E-state index is 6.26. The number of hydrogen-bond acceptors (Lipinski definition) is 3. The van der Waals surface area contributed by atoms with Crippen LogP contribution in [-0.2, 0) is 0 Å². The van der Waals surface area contributed by atoms with Gasteiger partial charge in [0.15, 0.2) is 0 Å². The number of para-hydroxylation sites is 3. The van der Waals surface area contributed by atoms with Gasteiger partial charge in [0.05, 0.1) is 5.69 Å². The minimum absolute atomic E-state index is 0.886. The van der Waals surface area contributed by atoms with Crippen LogP contribution >= 0.6 is 0 Å². The van der Waals surface area contributed by atoms with Crippen LogP contribution in [-0.4, -0.2) is 0 Å². The van der Waals surface area contributed by atoms with E-state index in [2.05, 4.69) is 205 Å². The minimum atomic E-state index is 0.886. The lowest BCUT2D eigenvalue weighted by molar-refractivity contribution is 0.668. The van der Waals surface area contributed by atoms with Crippen molar-refractivity contribution in [1.29, 1.82) is 0 Å². The quantitative estimate of drug-likeness (QED) is 0.161. The van der Waals surface area contributed by atoms with Crippen molar-refractivity contribution >= 4 is 71.7 Å². The molecule has 0 atom stereocenters. The molecule has 0 saturated heterocycles. The van der Waals surface area contributed by atoms with Gasteiger partial charge in [-0.15, -0.1) is 0 Å². The van der Waals surface area contributed by atoms with E-state index in [0.717, 1.165) is 88.8 Å². The molecule has 0 spiro atoms. The van der Waals surface area contributed by atoms with Gasteiger partial charge in [-0.05, 0) is 116 Å². The van der Waals surface area contributed by atoms with Crippen LogP contribution in [0.5, 0.6) is 0 Å². The smallest absolute Gasteiger partial charge is 0.136 e. The summed E-state index contributed by atoms with van der Waals surface area (Å²) in [6.45, 7) is 0. The highest BCUT2D eigenvalue weighted by Crippen LogP contribution is 2.44. The second kappa shape index (κ2) is 14.3. The highest BCUT2D eigenvalue weighted by atomic mass is 16.3. The molecule has 0 saturated carbocycles. The summed E-state index contributed by atoms with van der Waals surface area (Å²) in [5.74, 6) is 0. The van der Waals surface area contributed by atoms with Gasteiger partial charge in [0.2, 0.25) is 0 Å². The fraction of sp³-hybridized carbons (Fsp3) is 0. The van der Waals surface area contributed by atoms with Crippen molar-refractivity contribution in [2.45, 2.75) is 0 Å². The van der Waals surface area contributed by atoms with Crippen molar-refractivity contribution in [3.05, 3.63) is 224 Å². The molecule has 0 N–H and O–H groups in total. The zero-order valence-corrected chi connectivity index (χ0v) is 33.1. The average molecular weight is 780 g/mol. The first-order valence-electron chi connectivity index (χ1n) is 20.7. The first-order valence-corrected chi connectivity index (χ1v) is 20.7. The molecule has 0 unspecified atom stereocenters. The van der Waals surface area contributed by atoms with Crippen LogP contribution in [0, 0.1) is 0 Å². The number of furan rings is 2. The fourth-order valence-corrected chi connectivity index (χ4v) is 9.06. The summed E-state index contributed by atoms with van der Waals surface area (Å²) < 4.78 is 12.5. The summed E-state index contributed by atoms with van der Waals surface area (Å²) in [5, 5.41) is 7.00. The van der Waals surface area contributed by atoms with Crippen LogP contribution in [0.2, 0.25) is 0 Å². The Balaban J connectivity index is 0.939. The Labute approximate surface area is 353 Å². The monoisotopic (exact) mass is 779 g/mol. The van der Waals surface area contributed by atoms with E-state index in [9.17, 15) is 0 Å². The third-order valence-corrected chi connectivity index (χ3v) is 12.1. The number of fused-ring (bicyclic) bond motifs is 7. The Kier molecular flexibility index (Phi) is 8.17. The lowest BCUT2D eigenvalue weighted by atomic mass is 9.96. The van der Waals surface area contributed by atoms with Gasteiger partial charge in [-0.3, -0.25) is 0 Å². The van der Waals surface area contributed by atoms with E-state index in [4.69, 9.17) is 8.83 Å². The van der Waals surface area contributed by atoms with Gasteiger partial charge in [0, 0.05) is 38.5 Å². The Bertz CT molecular complexity index is 3570. The molecule has 0 amide bonds. The van der Waals surface area contributed by atoms with Crippen LogP contribution < -0.4 is 4.90 Å². The molecule has 0 fully saturated rings. The Morgan fingerprint density at radius 1 is 0.262 bits per heavy atom. The van der Waals surface area contributed by atoms with Crippen LogP contribution in [0.4, 0.5) is 17.1 Å². The molecule has 12 aromatic rings. The number of nitrogens with zero attached hydrogens (tertiary/aromatic N) is 1. The van der Waals surface area contributed by atoms with Crippen LogP contribution in [0.25, 0.3) is 99.2 Å². The van der Waals surface area contributed by atoms with Gasteiger partial charge >= 0.3 is 0 Å². The van der Waals surface area contributed by atoms with Crippen molar-refractivity contribution in [3.8, 4) is 44.5 Å². The van der Waals surface area contributed by atoms with Crippen molar-refractivity contribution < 1.29 is 8.83 Å². The number of rotatable bonds is 7. The summed E-state index contributed by atoms with van der Waals surface area (Å²) in [6, 6.07) is 80.1. The largest absolute Gasteiger partial charge is 0.456 e. The van der Waals surface area contributed by atoms with Crippen LogP contribution in [0.3, 0.4) is 0 Å². The van der Waals surface area contributed by atoms with Gasteiger partial charge in [0.25, 0.3) is 0 Å². The van der Waals surface area contributed by atoms with Gasteiger partial charge in [-0.25, -0.2) is 0 Å². The average Bonchev–Trinajstić information content (AvgIpc) is 3.90. The normalized spacial score (nSPS) is 11.6. The Hall–Kier alpha value is -8.14. The number of benzene rings is 10. The first-order chi connectivity index (χ1) is 30.2. The Morgan fingerprint density at radius 2 is 0.738 bits per heavy atom. The van der Waals surface area contributed by atoms with E-state index in [-0.39, 0.29) is 0 Å². The molecular formula is C58H37NO2. The van der Waals surface area contributed by atoms with E-state index in [1.807, 2.05) is 24.3 Å². The molecule has 61 heavy (non-hydrogen) atoms. The first kappa shape index (κ1) is 34.9. The molecule has 0 bridgehead atoms. The molecule has 3 heteroatoms. The molecule has 2 aromatic heterocycles. The summed E-state index contributed by atoms with van der Waals surface area (Å²) in [6.07, 6.45) is 0. The third kappa shape index (κ3) is 6.06. The highest BCUT2D eigenvalue weighted by molar-refractivity contribution is 6.08. The van der Waals surface area contributed by atoms with E-state index < -0.39 is 0 Å². The van der Waals surface area contributed by atoms with Crippen LogP contribution in [0.1, 0.15) is 0 Å². The number of anilines is 3. The minimum Gasteiger partial charge on any atom is -0.456 e. The van der Waals surface area contributed by atoms with E-state index in [1.54, 1.807) is 0 Å². The molecular weight excluding hydrogens is 743 g/mol. The second-order valence-corrected chi connectivity index (χ2v) is 15.7. The predicted molar refractivity (Wildman–Crippen MR) is 255 cm³/mol. The predicted octanol–water partition coefficient (Wildman–Crippen LogP) is 16.8. The van der Waals surface area contributed by atoms with E-state index in [0.29, 0.717) is 0 Å². The van der Waals surface area contributed by atoms with Crippen molar-refractivity contribution in [2.75, 3.05) is 4.90 Å². The van der Waals surface area contributed by atoms with Gasteiger partial charge in [0.1, 0.15) is 22.3 Å². The maximum Gasteiger partial charge on any atom is 0.136 e. The molecule has 12 rings (SSSR count). The summed E-state index contributed by atoms with van der Waals surface area (Å²) >= 11 is 0. The van der Waals surface area contributed by atoms with Crippen LogP contribution in [0.15, 0.2) is 233 Å². The van der Waals surface area contributed by atoms with Crippen molar-refractivity contribution in [2.24, 2.45) is 0 Å². The van der Waals surface area contributed by atoms with E-state index >= 15 is 0 Å². The summed E-state index contributed by atoms with van der Waals surface area (Å²) in [5.41, 5.74) is 16.1. The maximum absolute atomic E-state index is 6.26. The lowest BCUT2D eigenvalue weighted by Crippen LogP contribution is -2.11. The number of hydrogen-bond donors (Lipinski definition) is 0. The van der Waals surface area contributed by atoms with E-state index in [1.165, 1.54) is 27.5 Å². The van der Waals surface area contributed by atoms with Gasteiger partial charge < -0.3 is 13.7 Å². The van der Waals surface area contributed by atoms with Gasteiger partial charge in [-0.2, -0.15) is 0 Å². The summed E-state index contributed by atoms with van der Waals surface area (Å²) in [7, 11) is 0. The lowest BCUT2D eigenvalue weighted by Gasteiger charge is -2.28. The molecule has 0 radical (unpaired) electrons. The summed E-state index contributed by atoms with van der Waals surface area (Å²) in [4.78, 5) is 2.37. The zero-order valence-electron chi connectivity index (χ0n) is 33.1. The van der Waals surface area contributed by atoms with Gasteiger partial charge in [-0.1, -0.05) is 158 Å². The molecule has 0 aliphatic heterocycles. The Morgan fingerprint density at radius 3 is 1.48 bits per heavy atom. The molecule has 0 aliphatic carbocycles. The zero-order chi connectivity index (χ0) is 40.3. The molecule has 2 heterocycles. The fourth-order valence-electron chi connectivity index (χ4n) is 9.06. The molecule has 286 valence electrons. The standard InChI is InChI=1S/C58H37NO2/c1-2-12-47-41(10-1)11-9-16-48(47)42-22-20-38(21-23-42)39-24-30-45(31-25-39)59(46-32-26-40(27-33-46)43-28-34-52-50-14-4-7-18-55(50)61-58(52)37-43)54-17-6-3-13-49(54)44-29-35-57-53(36-44)51-15-5-8-19-56(51)60-57/h1-37H. The molecule has 3 nitrogen and oxygen atoms in total. The van der Waals surface area contributed by atoms with Crippen molar-refractivity contribution in [3.63, 3.8) is 0 Å². The highest BCUT2D eigenvalue weighted by Gasteiger charge is 2.19. The molecule has 10 aromatic carbocycles. The molecule has 0 aliphatic rings. The second-order valence-electron chi connectivity index (χ2n) is 15.7. The SMILES string of the molecule is c1ccc(N(c2ccc(-c3ccc(-c4cccc5ccccc45)cc3)cc2)c2ccc(-c3ccc4c(c3)oc3ccccc34)cc2)c(-c2ccc3oc4ccccc4c3c2)c1. The topological polar surface area (TPSA) is 29.5 Å². The third-order valence-electron chi connectivity index (χ3n) is 12.1. The van der Waals surface area contributed by atoms with Crippen molar-refractivity contribution in [1.82, 2.24) is 0 Å².